The van der Waals surface area contributed by atoms with E-state index < -0.39 is 0 Å². The normalized spacial score (nSPS) is 10.9. The lowest BCUT2D eigenvalue weighted by molar-refractivity contribution is 0.771. The quantitative estimate of drug-likeness (QED) is 0.911. The molecule has 2 rings (SSSR count). The molecule has 0 bridgehead atoms. The van der Waals surface area contributed by atoms with Crippen molar-refractivity contribution < 1.29 is 0 Å². The van der Waals surface area contributed by atoms with Crippen molar-refractivity contribution in [2.24, 2.45) is 0 Å². The van der Waals surface area contributed by atoms with E-state index in [-0.39, 0.29) is 0 Å². The lowest BCUT2D eigenvalue weighted by Crippen LogP contribution is -2.06. The number of benzene rings is 1. The van der Waals surface area contributed by atoms with E-state index in [4.69, 9.17) is 0 Å². The molecule has 0 unspecified atom stereocenters. The summed E-state index contributed by atoms with van der Waals surface area (Å²) >= 11 is 3.56. The molecule has 0 aliphatic heterocycles. The molecule has 0 fully saturated rings. The molecule has 0 atom stereocenters. The number of nitrogens with one attached hydrogen (secondary N) is 2. The van der Waals surface area contributed by atoms with E-state index in [1.54, 1.807) is 0 Å². The monoisotopic (exact) mass is 307 g/mol. The Bertz CT molecular complexity index is 573. The average Bonchev–Trinajstić information content (AvgIpc) is 2.65. The number of aromatic amines is 1. The third kappa shape index (κ3) is 2.49. The van der Waals surface area contributed by atoms with Crippen molar-refractivity contribution in [3.63, 3.8) is 0 Å². The highest BCUT2D eigenvalue weighted by molar-refractivity contribution is 9.10. The Morgan fingerprint density at radius 2 is 1.83 bits per heavy atom. The molecule has 0 saturated carbocycles. The van der Waals surface area contributed by atoms with Gasteiger partial charge in [0.05, 0.1) is 6.54 Å². The Morgan fingerprint density at radius 3 is 2.50 bits per heavy atom. The van der Waals surface area contributed by atoms with Gasteiger partial charge >= 0.3 is 0 Å². The molecule has 1 heterocycles. The van der Waals surface area contributed by atoms with Crippen molar-refractivity contribution in [3.05, 3.63) is 39.3 Å². The summed E-state index contributed by atoms with van der Waals surface area (Å²) < 4.78 is 0.944. The second-order valence-electron chi connectivity index (χ2n) is 4.63. The summed E-state index contributed by atoms with van der Waals surface area (Å²) in [5.41, 5.74) is 6.03. The van der Waals surface area contributed by atoms with Crippen LogP contribution >= 0.6 is 15.9 Å². The van der Waals surface area contributed by atoms with Crippen LogP contribution in [0.5, 0.6) is 0 Å². The summed E-state index contributed by atoms with van der Waals surface area (Å²) in [7, 11) is 1.91. The highest BCUT2D eigenvalue weighted by Crippen LogP contribution is 2.30. The maximum absolute atomic E-state index is 4.64. The molecule has 0 saturated heterocycles. The van der Waals surface area contributed by atoms with Gasteiger partial charge in [0, 0.05) is 5.56 Å². The minimum atomic E-state index is 0.739. The summed E-state index contributed by atoms with van der Waals surface area (Å²) in [5, 5.41) is 3.10. The van der Waals surface area contributed by atoms with E-state index in [9.17, 15) is 0 Å². The molecule has 0 aliphatic carbocycles. The smallest absolute Gasteiger partial charge is 0.121 e. The second-order valence-corrected chi connectivity index (χ2v) is 5.42. The van der Waals surface area contributed by atoms with Gasteiger partial charge in [0.2, 0.25) is 0 Å². The number of aryl methyl sites for hydroxylation is 3. The Hall–Kier alpha value is -1.13. The number of halogens is 1. The molecular formula is C14H18BrN3. The number of nitrogens with zero attached hydrogens (tertiary/aromatic N) is 1. The fourth-order valence-corrected chi connectivity index (χ4v) is 2.57. The van der Waals surface area contributed by atoms with Gasteiger partial charge in [-0.15, -0.1) is 0 Å². The zero-order valence-electron chi connectivity index (χ0n) is 11.2. The van der Waals surface area contributed by atoms with Crippen molar-refractivity contribution in [3.8, 4) is 11.3 Å². The number of rotatable bonds is 3. The first-order chi connectivity index (χ1) is 8.52. The fraction of sp³-hybridized carbons (Fsp3) is 0.357. The van der Waals surface area contributed by atoms with Gasteiger partial charge < -0.3 is 10.3 Å². The maximum atomic E-state index is 4.64. The van der Waals surface area contributed by atoms with Crippen LogP contribution in [0, 0.1) is 20.8 Å². The van der Waals surface area contributed by atoms with Gasteiger partial charge in [-0.25, -0.2) is 4.98 Å². The maximum Gasteiger partial charge on any atom is 0.121 e. The van der Waals surface area contributed by atoms with Crippen LogP contribution in [0.25, 0.3) is 11.3 Å². The summed E-state index contributed by atoms with van der Waals surface area (Å²) in [6, 6.07) is 4.41. The van der Waals surface area contributed by atoms with E-state index in [0.29, 0.717) is 0 Å². The number of aromatic nitrogens is 2. The predicted molar refractivity (Wildman–Crippen MR) is 78.7 cm³/mol. The van der Waals surface area contributed by atoms with Gasteiger partial charge in [-0.05, 0) is 66.5 Å². The van der Waals surface area contributed by atoms with E-state index in [1.807, 2.05) is 7.05 Å². The van der Waals surface area contributed by atoms with Crippen molar-refractivity contribution >= 4 is 15.9 Å². The highest BCUT2D eigenvalue weighted by Gasteiger charge is 2.13. The third-order valence-electron chi connectivity index (χ3n) is 3.15. The van der Waals surface area contributed by atoms with Gasteiger partial charge in [0.15, 0.2) is 0 Å². The van der Waals surface area contributed by atoms with Crippen LogP contribution in [0.1, 0.15) is 22.5 Å². The van der Waals surface area contributed by atoms with Gasteiger partial charge in [-0.2, -0.15) is 0 Å². The van der Waals surface area contributed by atoms with Crippen LogP contribution in [-0.4, -0.2) is 17.0 Å². The molecule has 0 amide bonds. The number of H-pyrrole nitrogens is 1. The van der Waals surface area contributed by atoms with Crippen molar-refractivity contribution in [1.82, 2.24) is 15.3 Å². The van der Waals surface area contributed by atoms with Crippen LogP contribution in [0.15, 0.2) is 16.7 Å². The Labute approximate surface area is 116 Å². The lowest BCUT2D eigenvalue weighted by atomic mass is 9.99. The zero-order valence-corrected chi connectivity index (χ0v) is 12.8. The minimum absolute atomic E-state index is 0.739. The van der Waals surface area contributed by atoms with Crippen molar-refractivity contribution in [2.45, 2.75) is 27.3 Å². The van der Waals surface area contributed by atoms with Gasteiger partial charge in [0.25, 0.3) is 0 Å². The van der Waals surface area contributed by atoms with Crippen molar-refractivity contribution in [2.75, 3.05) is 7.05 Å². The first-order valence-corrected chi connectivity index (χ1v) is 6.79. The first kappa shape index (κ1) is 13.3. The second kappa shape index (κ2) is 5.24. The van der Waals surface area contributed by atoms with Gasteiger partial charge in [-0.1, -0.05) is 6.07 Å². The molecule has 2 aromatic rings. The molecule has 0 radical (unpaired) electrons. The minimum Gasteiger partial charge on any atom is -0.335 e. The molecule has 0 aliphatic rings. The van der Waals surface area contributed by atoms with Crippen LogP contribution in [0.4, 0.5) is 0 Å². The van der Waals surface area contributed by atoms with Crippen LogP contribution < -0.4 is 5.32 Å². The number of hydrogen-bond acceptors (Lipinski definition) is 2. The molecule has 4 heteroatoms. The molecule has 1 aromatic carbocycles. The summed E-state index contributed by atoms with van der Waals surface area (Å²) in [6.45, 7) is 7.13. The molecule has 18 heavy (non-hydrogen) atoms. The van der Waals surface area contributed by atoms with Gasteiger partial charge in [-0.3, -0.25) is 0 Å². The standard InChI is InChI=1S/C14H18BrN3/c1-8-5-10(3)11(6-9(8)2)13-14(15)18-12(17-13)7-16-4/h5-6,16H,7H2,1-4H3,(H,17,18). The largest absolute Gasteiger partial charge is 0.335 e. The molecule has 3 nitrogen and oxygen atoms in total. The topological polar surface area (TPSA) is 40.7 Å². The van der Waals surface area contributed by atoms with Crippen LogP contribution in [0.3, 0.4) is 0 Å². The Morgan fingerprint density at radius 1 is 1.17 bits per heavy atom. The predicted octanol–water partition coefficient (Wildman–Crippen LogP) is 3.48. The van der Waals surface area contributed by atoms with E-state index in [2.05, 4.69) is 64.1 Å². The van der Waals surface area contributed by atoms with Gasteiger partial charge in [0.1, 0.15) is 16.1 Å². The lowest BCUT2D eigenvalue weighted by Gasteiger charge is -2.08. The van der Waals surface area contributed by atoms with Crippen LogP contribution in [-0.2, 0) is 6.54 Å². The number of hydrogen-bond donors (Lipinski definition) is 2. The fourth-order valence-electron chi connectivity index (χ4n) is 2.04. The van der Waals surface area contributed by atoms with E-state index in [0.717, 1.165) is 22.7 Å². The Kier molecular flexibility index (Phi) is 3.88. The first-order valence-electron chi connectivity index (χ1n) is 6.00. The van der Waals surface area contributed by atoms with E-state index >= 15 is 0 Å². The Balaban J connectivity index is 2.51. The van der Waals surface area contributed by atoms with Crippen LogP contribution in [0.2, 0.25) is 0 Å². The summed E-state index contributed by atoms with van der Waals surface area (Å²) in [5.74, 6) is 0.942. The summed E-state index contributed by atoms with van der Waals surface area (Å²) in [6.07, 6.45) is 0. The molecule has 96 valence electrons. The molecule has 2 N–H and O–H groups in total. The molecule has 1 aromatic heterocycles. The SMILES string of the molecule is CNCc1nc(-c2cc(C)c(C)cc2C)c(Br)[nH]1. The highest BCUT2D eigenvalue weighted by atomic mass is 79.9. The summed E-state index contributed by atoms with van der Waals surface area (Å²) in [4.78, 5) is 7.88. The third-order valence-corrected chi connectivity index (χ3v) is 3.72. The molecular weight excluding hydrogens is 290 g/mol. The average molecular weight is 308 g/mol. The number of imidazole rings is 1. The molecule has 0 spiro atoms. The van der Waals surface area contributed by atoms with Crippen molar-refractivity contribution in [1.29, 1.82) is 0 Å². The van der Waals surface area contributed by atoms with E-state index in [1.165, 1.54) is 22.3 Å². The zero-order chi connectivity index (χ0) is 13.3.